The molecule has 0 saturated heterocycles. The third-order valence-electron chi connectivity index (χ3n) is 5.07. The zero-order valence-corrected chi connectivity index (χ0v) is 15.1. The molecule has 1 fully saturated rings. The Morgan fingerprint density at radius 1 is 1.04 bits per heavy atom. The Hall–Kier alpha value is -2.36. The van der Waals surface area contributed by atoms with Crippen molar-refractivity contribution < 1.29 is 4.79 Å². The zero-order valence-electron chi connectivity index (χ0n) is 15.1. The van der Waals surface area contributed by atoms with Crippen LogP contribution in [0.2, 0.25) is 0 Å². The standard InChI is InChI=1S/C21H27N3O/c1-15-8-7-11-19(16(15)2)24-21(25)20-13-12-18(14-22-20)23-17-9-5-3-4-6-10-17/h7-8,11-14,17,23H,3-6,9-10H2,1-2H3,(H,24,25). The van der Waals surface area contributed by atoms with Crippen molar-refractivity contribution in [1.82, 2.24) is 4.98 Å². The molecule has 1 saturated carbocycles. The van der Waals surface area contributed by atoms with Gasteiger partial charge in [0.05, 0.1) is 11.9 Å². The van der Waals surface area contributed by atoms with Crippen molar-refractivity contribution in [2.75, 3.05) is 10.6 Å². The Balaban J connectivity index is 1.63. The van der Waals surface area contributed by atoms with Crippen LogP contribution in [-0.2, 0) is 0 Å². The van der Waals surface area contributed by atoms with Crippen molar-refractivity contribution in [2.24, 2.45) is 0 Å². The van der Waals surface area contributed by atoms with E-state index < -0.39 is 0 Å². The number of carbonyl (C=O) groups excluding carboxylic acids is 1. The number of amides is 1. The second kappa shape index (κ2) is 8.15. The smallest absolute Gasteiger partial charge is 0.274 e. The van der Waals surface area contributed by atoms with Gasteiger partial charge >= 0.3 is 0 Å². The molecule has 4 nitrogen and oxygen atoms in total. The van der Waals surface area contributed by atoms with Crippen LogP contribution >= 0.6 is 0 Å². The summed E-state index contributed by atoms with van der Waals surface area (Å²) in [4.78, 5) is 16.8. The van der Waals surface area contributed by atoms with Gasteiger partial charge in [0.25, 0.3) is 5.91 Å². The van der Waals surface area contributed by atoms with Gasteiger partial charge in [-0.1, -0.05) is 37.8 Å². The Morgan fingerprint density at radius 2 is 1.80 bits per heavy atom. The van der Waals surface area contributed by atoms with Gasteiger partial charge in [0, 0.05) is 11.7 Å². The summed E-state index contributed by atoms with van der Waals surface area (Å²) in [7, 11) is 0. The maximum absolute atomic E-state index is 12.4. The van der Waals surface area contributed by atoms with Crippen molar-refractivity contribution in [1.29, 1.82) is 0 Å². The lowest BCUT2D eigenvalue weighted by Crippen LogP contribution is -2.19. The van der Waals surface area contributed by atoms with E-state index in [9.17, 15) is 4.79 Å². The van der Waals surface area contributed by atoms with Crippen LogP contribution in [0, 0.1) is 13.8 Å². The molecular weight excluding hydrogens is 310 g/mol. The molecule has 1 amide bonds. The summed E-state index contributed by atoms with van der Waals surface area (Å²) < 4.78 is 0. The minimum Gasteiger partial charge on any atom is -0.381 e. The Bertz CT molecular complexity index is 716. The van der Waals surface area contributed by atoms with Gasteiger partial charge < -0.3 is 10.6 Å². The van der Waals surface area contributed by atoms with Crippen LogP contribution in [0.25, 0.3) is 0 Å². The van der Waals surface area contributed by atoms with E-state index in [1.165, 1.54) is 38.5 Å². The van der Waals surface area contributed by atoms with E-state index in [0.29, 0.717) is 11.7 Å². The van der Waals surface area contributed by atoms with Crippen molar-refractivity contribution in [3.8, 4) is 0 Å². The fourth-order valence-electron chi connectivity index (χ4n) is 3.35. The third-order valence-corrected chi connectivity index (χ3v) is 5.07. The van der Waals surface area contributed by atoms with E-state index in [1.807, 2.05) is 38.1 Å². The van der Waals surface area contributed by atoms with E-state index in [0.717, 1.165) is 22.5 Å². The van der Waals surface area contributed by atoms with Crippen molar-refractivity contribution in [3.05, 3.63) is 53.3 Å². The lowest BCUT2D eigenvalue weighted by molar-refractivity contribution is 0.102. The lowest BCUT2D eigenvalue weighted by atomic mass is 10.1. The van der Waals surface area contributed by atoms with Gasteiger partial charge in [0.2, 0.25) is 0 Å². The van der Waals surface area contributed by atoms with Crippen molar-refractivity contribution >= 4 is 17.3 Å². The molecule has 1 aliphatic rings. The van der Waals surface area contributed by atoms with Crippen LogP contribution < -0.4 is 10.6 Å². The highest BCUT2D eigenvalue weighted by atomic mass is 16.1. The molecule has 0 bridgehead atoms. The Kier molecular flexibility index (Phi) is 5.69. The van der Waals surface area contributed by atoms with E-state index in [4.69, 9.17) is 0 Å². The predicted octanol–water partition coefficient (Wildman–Crippen LogP) is 5.09. The first-order chi connectivity index (χ1) is 12.1. The minimum atomic E-state index is -0.172. The topological polar surface area (TPSA) is 54.0 Å². The molecule has 0 atom stereocenters. The van der Waals surface area contributed by atoms with Gasteiger partial charge in [-0.15, -0.1) is 0 Å². The first kappa shape index (κ1) is 17.5. The number of hydrogen-bond acceptors (Lipinski definition) is 3. The zero-order chi connectivity index (χ0) is 17.6. The molecule has 1 aliphatic carbocycles. The number of aryl methyl sites for hydroxylation is 1. The molecule has 0 unspecified atom stereocenters. The molecular formula is C21H27N3O. The van der Waals surface area contributed by atoms with Gasteiger partial charge in [-0.3, -0.25) is 4.79 Å². The molecule has 25 heavy (non-hydrogen) atoms. The molecule has 1 heterocycles. The molecule has 1 aromatic heterocycles. The summed E-state index contributed by atoms with van der Waals surface area (Å²) >= 11 is 0. The average Bonchev–Trinajstić information content (AvgIpc) is 2.88. The predicted molar refractivity (Wildman–Crippen MR) is 103 cm³/mol. The van der Waals surface area contributed by atoms with E-state index in [2.05, 4.69) is 15.6 Å². The normalized spacial score (nSPS) is 15.4. The molecule has 2 aromatic rings. The maximum Gasteiger partial charge on any atom is 0.274 e. The van der Waals surface area contributed by atoms with Crippen molar-refractivity contribution in [3.63, 3.8) is 0 Å². The molecule has 0 spiro atoms. The quantitative estimate of drug-likeness (QED) is 0.765. The number of nitrogens with one attached hydrogen (secondary N) is 2. The highest BCUT2D eigenvalue weighted by molar-refractivity contribution is 6.03. The van der Waals surface area contributed by atoms with Crippen LogP contribution in [0.1, 0.15) is 60.1 Å². The second-order valence-electron chi connectivity index (χ2n) is 6.97. The number of benzene rings is 1. The van der Waals surface area contributed by atoms with Crippen LogP contribution in [-0.4, -0.2) is 16.9 Å². The van der Waals surface area contributed by atoms with E-state index in [-0.39, 0.29) is 5.91 Å². The van der Waals surface area contributed by atoms with Gasteiger partial charge in [0.1, 0.15) is 5.69 Å². The molecule has 0 aliphatic heterocycles. The van der Waals surface area contributed by atoms with Gasteiger partial charge in [-0.25, -0.2) is 4.98 Å². The number of carbonyl (C=O) groups is 1. The number of rotatable bonds is 4. The molecule has 0 radical (unpaired) electrons. The largest absolute Gasteiger partial charge is 0.381 e. The number of hydrogen-bond donors (Lipinski definition) is 2. The summed E-state index contributed by atoms with van der Waals surface area (Å²) in [6.45, 7) is 4.05. The maximum atomic E-state index is 12.4. The van der Waals surface area contributed by atoms with Crippen LogP contribution in [0.15, 0.2) is 36.5 Å². The van der Waals surface area contributed by atoms with Gasteiger partial charge in [-0.05, 0) is 56.0 Å². The fraction of sp³-hybridized carbons (Fsp3) is 0.429. The molecule has 4 heteroatoms. The van der Waals surface area contributed by atoms with E-state index in [1.54, 1.807) is 12.3 Å². The van der Waals surface area contributed by atoms with Gasteiger partial charge in [0.15, 0.2) is 0 Å². The molecule has 132 valence electrons. The number of pyridine rings is 1. The number of aromatic nitrogens is 1. The molecule has 2 N–H and O–H groups in total. The van der Waals surface area contributed by atoms with Crippen molar-refractivity contribution in [2.45, 2.75) is 58.4 Å². The SMILES string of the molecule is Cc1cccc(NC(=O)c2ccc(NC3CCCCCC3)cn2)c1C. The molecule has 1 aromatic carbocycles. The van der Waals surface area contributed by atoms with Crippen LogP contribution in [0.5, 0.6) is 0 Å². The summed E-state index contributed by atoms with van der Waals surface area (Å²) in [5.41, 5.74) is 4.52. The summed E-state index contributed by atoms with van der Waals surface area (Å²) in [6.07, 6.45) is 9.47. The monoisotopic (exact) mass is 337 g/mol. The van der Waals surface area contributed by atoms with Crippen LogP contribution in [0.3, 0.4) is 0 Å². The Labute approximate surface area is 150 Å². The first-order valence-corrected chi connectivity index (χ1v) is 9.23. The second-order valence-corrected chi connectivity index (χ2v) is 6.97. The van der Waals surface area contributed by atoms with E-state index >= 15 is 0 Å². The molecule has 3 rings (SSSR count). The highest BCUT2D eigenvalue weighted by Crippen LogP contribution is 2.21. The summed E-state index contributed by atoms with van der Waals surface area (Å²) in [5.74, 6) is -0.172. The minimum absolute atomic E-state index is 0.172. The number of nitrogens with zero attached hydrogens (tertiary/aromatic N) is 1. The van der Waals surface area contributed by atoms with Crippen LogP contribution in [0.4, 0.5) is 11.4 Å². The first-order valence-electron chi connectivity index (χ1n) is 9.23. The highest BCUT2D eigenvalue weighted by Gasteiger charge is 2.13. The third kappa shape index (κ3) is 4.59. The average molecular weight is 337 g/mol. The lowest BCUT2D eigenvalue weighted by Gasteiger charge is -2.17. The van der Waals surface area contributed by atoms with Gasteiger partial charge in [-0.2, -0.15) is 0 Å². The summed E-state index contributed by atoms with van der Waals surface area (Å²) in [5, 5.41) is 6.51. The summed E-state index contributed by atoms with van der Waals surface area (Å²) in [6, 6.07) is 10.2. The Morgan fingerprint density at radius 3 is 2.48 bits per heavy atom. The fourth-order valence-corrected chi connectivity index (χ4v) is 3.35. The number of anilines is 2.